The van der Waals surface area contributed by atoms with Gasteiger partial charge in [-0.2, -0.15) is 0 Å². The maximum atomic E-state index is 12.1. The molecule has 19 heavy (non-hydrogen) atoms. The Kier molecular flexibility index (Phi) is 8.57. The van der Waals surface area contributed by atoms with Gasteiger partial charge in [-0.05, 0) is 32.7 Å². The summed E-state index contributed by atoms with van der Waals surface area (Å²) in [5.74, 6) is 0.0380. The number of hydrogen-bond acceptors (Lipinski definition) is 4. The third-order valence-corrected chi connectivity index (χ3v) is 4.12. The molecule has 1 aliphatic rings. The number of amides is 1. The van der Waals surface area contributed by atoms with Gasteiger partial charge in [-0.15, -0.1) is 36.2 Å². The first-order chi connectivity index (χ1) is 8.20. The fourth-order valence-electron chi connectivity index (χ4n) is 2.01. The zero-order chi connectivity index (χ0) is 12.3. The molecule has 0 saturated carbocycles. The van der Waals surface area contributed by atoms with Gasteiger partial charge in [0.05, 0.1) is 10.7 Å². The summed E-state index contributed by atoms with van der Waals surface area (Å²) in [7, 11) is 0. The molecule has 0 bridgehead atoms. The van der Waals surface area contributed by atoms with Crippen molar-refractivity contribution in [2.75, 3.05) is 13.1 Å². The summed E-state index contributed by atoms with van der Waals surface area (Å²) in [5.41, 5.74) is 0.863. The van der Waals surface area contributed by atoms with Crippen LogP contribution in [0.4, 0.5) is 0 Å². The predicted molar refractivity (Wildman–Crippen MR) is 84.1 cm³/mol. The molecule has 1 saturated heterocycles. The lowest BCUT2D eigenvalue weighted by Gasteiger charge is -2.09. The Morgan fingerprint density at radius 3 is 2.84 bits per heavy atom. The van der Waals surface area contributed by atoms with Crippen molar-refractivity contribution in [1.29, 1.82) is 0 Å². The van der Waals surface area contributed by atoms with Crippen LogP contribution in [0.2, 0.25) is 0 Å². The van der Waals surface area contributed by atoms with E-state index >= 15 is 0 Å². The van der Waals surface area contributed by atoms with Crippen molar-refractivity contribution in [2.45, 2.75) is 39.2 Å². The second kappa shape index (κ2) is 8.74. The third kappa shape index (κ3) is 4.91. The summed E-state index contributed by atoms with van der Waals surface area (Å²) < 4.78 is 0. The Hall–Kier alpha value is -0.360. The van der Waals surface area contributed by atoms with Crippen molar-refractivity contribution < 1.29 is 4.79 Å². The molecular weight excluding hydrogens is 305 g/mol. The number of aromatic nitrogens is 1. The lowest BCUT2D eigenvalue weighted by Crippen LogP contribution is -2.36. The number of halogens is 2. The smallest absolute Gasteiger partial charge is 0.263 e. The van der Waals surface area contributed by atoms with Crippen LogP contribution >= 0.6 is 36.2 Å². The Balaban J connectivity index is 0.00000162. The number of nitrogens with zero attached hydrogens (tertiary/aromatic N) is 1. The molecule has 1 unspecified atom stereocenters. The Morgan fingerprint density at radius 1 is 1.53 bits per heavy atom. The van der Waals surface area contributed by atoms with Gasteiger partial charge in [-0.25, -0.2) is 4.98 Å². The van der Waals surface area contributed by atoms with E-state index < -0.39 is 0 Å². The quantitative estimate of drug-likeness (QED) is 0.893. The molecule has 1 atom stereocenters. The van der Waals surface area contributed by atoms with E-state index in [9.17, 15) is 4.79 Å². The van der Waals surface area contributed by atoms with Crippen LogP contribution in [0.5, 0.6) is 0 Å². The molecule has 2 rings (SSSR count). The molecule has 0 spiro atoms. The molecule has 2 N–H and O–H groups in total. The first kappa shape index (κ1) is 18.6. The van der Waals surface area contributed by atoms with Gasteiger partial charge in [0, 0.05) is 12.6 Å². The van der Waals surface area contributed by atoms with E-state index in [1.807, 2.05) is 6.92 Å². The number of aryl methyl sites for hydroxylation is 2. The molecule has 1 fully saturated rings. The van der Waals surface area contributed by atoms with E-state index in [0.29, 0.717) is 0 Å². The van der Waals surface area contributed by atoms with Crippen molar-refractivity contribution >= 4 is 42.1 Å². The van der Waals surface area contributed by atoms with Gasteiger partial charge < -0.3 is 10.6 Å². The maximum Gasteiger partial charge on any atom is 0.263 e. The molecule has 0 radical (unpaired) electrons. The first-order valence-corrected chi connectivity index (χ1v) is 7.00. The second-order valence-electron chi connectivity index (χ2n) is 4.44. The van der Waals surface area contributed by atoms with E-state index in [0.717, 1.165) is 47.9 Å². The van der Waals surface area contributed by atoms with Crippen molar-refractivity contribution in [3.05, 3.63) is 15.6 Å². The Labute approximate surface area is 130 Å². The lowest BCUT2D eigenvalue weighted by molar-refractivity contribution is 0.0943. The van der Waals surface area contributed by atoms with Crippen LogP contribution in [0.1, 0.15) is 40.1 Å². The molecule has 1 aromatic rings. The van der Waals surface area contributed by atoms with Crippen molar-refractivity contribution in [3.8, 4) is 0 Å². The molecule has 0 aliphatic carbocycles. The summed E-state index contributed by atoms with van der Waals surface area (Å²) in [5, 5.41) is 7.37. The fourth-order valence-corrected chi connectivity index (χ4v) is 3.08. The van der Waals surface area contributed by atoms with Gasteiger partial charge in [0.2, 0.25) is 0 Å². The van der Waals surface area contributed by atoms with Crippen LogP contribution < -0.4 is 10.6 Å². The van der Waals surface area contributed by atoms with Gasteiger partial charge in [-0.3, -0.25) is 4.79 Å². The van der Waals surface area contributed by atoms with Crippen LogP contribution in [-0.4, -0.2) is 30.0 Å². The zero-order valence-corrected chi connectivity index (χ0v) is 13.6. The number of thiazole rings is 1. The standard InChI is InChI=1S/C12H19N3OS.2ClH/c1-3-4-10-14-8(2)11(17-10)12(16)15-9-5-6-13-7-9;;/h9,13H,3-7H2,1-2H3,(H,15,16);2*1H. The van der Waals surface area contributed by atoms with E-state index in [-0.39, 0.29) is 36.8 Å². The summed E-state index contributed by atoms with van der Waals surface area (Å²) in [4.78, 5) is 17.3. The highest BCUT2D eigenvalue weighted by Gasteiger charge is 2.20. The van der Waals surface area contributed by atoms with Crippen molar-refractivity contribution in [1.82, 2.24) is 15.6 Å². The number of rotatable bonds is 4. The van der Waals surface area contributed by atoms with Gasteiger partial charge in [0.15, 0.2) is 0 Å². The van der Waals surface area contributed by atoms with Crippen LogP contribution in [-0.2, 0) is 6.42 Å². The van der Waals surface area contributed by atoms with Gasteiger partial charge in [0.1, 0.15) is 4.88 Å². The SMILES string of the molecule is CCCc1nc(C)c(C(=O)NC2CCNC2)s1.Cl.Cl. The molecule has 1 aromatic heterocycles. The monoisotopic (exact) mass is 325 g/mol. The van der Waals surface area contributed by atoms with Crippen LogP contribution in [0.25, 0.3) is 0 Å². The third-order valence-electron chi connectivity index (χ3n) is 2.91. The van der Waals surface area contributed by atoms with Crippen molar-refractivity contribution in [2.24, 2.45) is 0 Å². The highest BCUT2D eigenvalue weighted by molar-refractivity contribution is 7.13. The van der Waals surface area contributed by atoms with Crippen LogP contribution in [0.3, 0.4) is 0 Å². The summed E-state index contributed by atoms with van der Waals surface area (Å²) >= 11 is 1.53. The minimum Gasteiger partial charge on any atom is -0.347 e. The summed E-state index contributed by atoms with van der Waals surface area (Å²) in [6.45, 7) is 5.91. The van der Waals surface area contributed by atoms with E-state index in [1.165, 1.54) is 11.3 Å². The largest absolute Gasteiger partial charge is 0.347 e. The predicted octanol–water partition coefficient (Wildman–Crippen LogP) is 2.34. The zero-order valence-electron chi connectivity index (χ0n) is 11.2. The topological polar surface area (TPSA) is 54.0 Å². The highest BCUT2D eigenvalue weighted by atomic mass is 35.5. The fraction of sp³-hybridized carbons (Fsp3) is 0.667. The molecule has 7 heteroatoms. The molecule has 2 heterocycles. The molecule has 0 aromatic carbocycles. The molecule has 1 aliphatic heterocycles. The number of carbonyl (C=O) groups excluding carboxylic acids is 1. The minimum absolute atomic E-state index is 0. The number of nitrogens with one attached hydrogen (secondary N) is 2. The van der Waals surface area contributed by atoms with Crippen molar-refractivity contribution in [3.63, 3.8) is 0 Å². The lowest BCUT2D eigenvalue weighted by atomic mass is 10.2. The maximum absolute atomic E-state index is 12.1. The number of carbonyl (C=O) groups is 1. The minimum atomic E-state index is 0. The molecule has 1 amide bonds. The average molecular weight is 326 g/mol. The van der Waals surface area contributed by atoms with Gasteiger partial charge in [0.25, 0.3) is 5.91 Å². The molecular formula is C12H21Cl2N3OS. The van der Waals surface area contributed by atoms with Gasteiger partial charge in [-0.1, -0.05) is 6.92 Å². The normalized spacial score (nSPS) is 17.5. The van der Waals surface area contributed by atoms with Crippen LogP contribution in [0.15, 0.2) is 0 Å². The summed E-state index contributed by atoms with van der Waals surface area (Å²) in [6.07, 6.45) is 3.05. The highest BCUT2D eigenvalue weighted by Crippen LogP contribution is 2.19. The van der Waals surface area contributed by atoms with E-state index in [2.05, 4.69) is 22.5 Å². The molecule has 110 valence electrons. The summed E-state index contributed by atoms with van der Waals surface area (Å²) in [6, 6.07) is 0.277. The average Bonchev–Trinajstić information content (AvgIpc) is 2.88. The van der Waals surface area contributed by atoms with Gasteiger partial charge >= 0.3 is 0 Å². The van der Waals surface area contributed by atoms with E-state index in [4.69, 9.17) is 0 Å². The Bertz CT molecular complexity index is 406. The first-order valence-electron chi connectivity index (χ1n) is 6.18. The number of hydrogen-bond donors (Lipinski definition) is 2. The molecule has 4 nitrogen and oxygen atoms in total. The second-order valence-corrected chi connectivity index (χ2v) is 5.52. The Morgan fingerprint density at radius 2 is 2.26 bits per heavy atom. The van der Waals surface area contributed by atoms with E-state index in [1.54, 1.807) is 0 Å². The van der Waals surface area contributed by atoms with Crippen LogP contribution in [0, 0.1) is 6.92 Å².